The largest absolute Gasteiger partial charge is 0.495 e. The molecule has 90 valence electrons. The van der Waals surface area contributed by atoms with Crippen LogP contribution >= 0.6 is 0 Å². The summed E-state index contributed by atoms with van der Waals surface area (Å²) in [4.78, 5) is 23.6. The Balaban J connectivity index is 3.07. The number of anilines is 1. The molecule has 0 aliphatic rings. The Bertz CT molecular complexity index is 712. The van der Waals surface area contributed by atoms with Gasteiger partial charge >= 0.3 is 5.69 Å². The van der Waals surface area contributed by atoms with Gasteiger partial charge in [0.15, 0.2) is 0 Å². The third kappa shape index (κ3) is 1.49. The van der Waals surface area contributed by atoms with E-state index in [1.54, 1.807) is 13.1 Å². The number of nitrogens with zero attached hydrogens (tertiary/aromatic N) is 2. The highest BCUT2D eigenvalue weighted by Gasteiger charge is 2.11. The lowest BCUT2D eigenvalue weighted by Gasteiger charge is -2.10. The monoisotopic (exact) mass is 235 g/mol. The number of aryl methyl sites for hydroxylation is 1. The molecule has 0 spiro atoms. The summed E-state index contributed by atoms with van der Waals surface area (Å²) in [7, 11) is 4.51. The van der Waals surface area contributed by atoms with Crippen molar-refractivity contribution >= 4 is 16.6 Å². The van der Waals surface area contributed by atoms with Crippen LogP contribution in [-0.2, 0) is 14.1 Å². The lowest BCUT2D eigenvalue weighted by molar-refractivity contribution is 0.417. The lowest BCUT2D eigenvalue weighted by atomic mass is 10.2. The van der Waals surface area contributed by atoms with Gasteiger partial charge in [0.05, 0.1) is 23.7 Å². The molecule has 2 aromatic rings. The molecule has 6 nitrogen and oxygen atoms in total. The smallest absolute Gasteiger partial charge is 0.330 e. The van der Waals surface area contributed by atoms with E-state index in [9.17, 15) is 9.59 Å². The van der Waals surface area contributed by atoms with E-state index in [4.69, 9.17) is 10.5 Å². The van der Waals surface area contributed by atoms with Crippen LogP contribution in [0.1, 0.15) is 0 Å². The van der Waals surface area contributed by atoms with Gasteiger partial charge in [-0.05, 0) is 6.07 Å². The quantitative estimate of drug-likeness (QED) is 0.696. The lowest BCUT2D eigenvalue weighted by Crippen LogP contribution is -2.36. The summed E-state index contributed by atoms with van der Waals surface area (Å²) in [5, 5.41) is 0.396. The third-order valence-electron chi connectivity index (χ3n) is 2.82. The number of methoxy groups -OCH3 is 1. The fourth-order valence-electron chi connectivity index (χ4n) is 1.81. The highest BCUT2D eigenvalue weighted by molar-refractivity contribution is 5.84. The standard InChI is InChI=1S/C11H13N3O3/c1-13-8-5-9(17-3)7(12)4-6(8)10(15)14(2)11(13)16/h4-5H,12H2,1-3H3. The van der Waals surface area contributed by atoms with Crippen molar-refractivity contribution in [3.8, 4) is 5.75 Å². The summed E-state index contributed by atoms with van der Waals surface area (Å²) in [5.74, 6) is 0.445. The molecule has 0 saturated carbocycles. The van der Waals surface area contributed by atoms with E-state index in [2.05, 4.69) is 0 Å². The summed E-state index contributed by atoms with van der Waals surface area (Å²) in [6.45, 7) is 0. The Morgan fingerprint density at radius 3 is 2.41 bits per heavy atom. The Morgan fingerprint density at radius 1 is 1.18 bits per heavy atom. The molecule has 1 aromatic carbocycles. The van der Waals surface area contributed by atoms with Crippen molar-refractivity contribution < 1.29 is 4.74 Å². The summed E-state index contributed by atoms with van der Waals surface area (Å²) in [5.41, 5.74) is 5.87. The van der Waals surface area contributed by atoms with Gasteiger partial charge in [0.1, 0.15) is 5.75 Å². The summed E-state index contributed by atoms with van der Waals surface area (Å²) in [6.07, 6.45) is 0. The Morgan fingerprint density at radius 2 is 1.82 bits per heavy atom. The maximum atomic E-state index is 11.9. The predicted molar refractivity (Wildman–Crippen MR) is 65.4 cm³/mol. The van der Waals surface area contributed by atoms with E-state index >= 15 is 0 Å². The van der Waals surface area contributed by atoms with Crippen LogP contribution in [0, 0.1) is 0 Å². The Labute approximate surface area is 96.8 Å². The van der Waals surface area contributed by atoms with Crippen LogP contribution in [0.3, 0.4) is 0 Å². The molecule has 1 heterocycles. The van der Waals surface area contributed by atoms with E-state index in [1.165, 1.54) is 24.8 Å². The van der Waals surface area contributed by atoms with Crippen LogP contribution in [0.4, 0.5) is 5.69 Å². The van der Waals surface area contributed by atoms with E-state index in [0.717, 1.165) is 4.57 Å². The van der Waals surface area contributed by atoms with Crippen molar-refractivity contribution in [1.82, 2.24) is 9.13 Å². The van der Waals surface area contributed by atoms with E-state index in [0.29, 0.717) is 22.3 Å². The molecule has 0 radical (unpaired) electrons. The topological polar surface area (TPSA) is 79.2 Å². The first-order valence-corrected chi connectivity index (χ1v) is 5.00. The highest BCUT2D eigenvalue weighted by atomic mass is 16.5. The van der Waals surface area contributed by atoms with Crippen LogP contribution in [0.25, 0.3) is 10.9 Å². The fourth-order valence-corrected chi connectivity index (χ4v) is 1.81. The van der Waals surface area contributed by atoms with Crippen LogP contribution in [0.2, 0.25) is 0 Å². The summed E-state index contributed by atoms with van der Waals surface area (Å²) >= 11 is 0. The number of nitrogen functional groups attached to an aromatic ring is 1. The molecule has 0 fully saturated rings. The molecule has 0 atom stereocenters. The molecule has 0 unspecified atom stereocenters. The zero-order valence-electron chi connectivity index (χ0n) is 9.85. The highest BCUT2D eigenvalue weighted by Crippen LogP contribution is 2.25. The van der Waals surface area contributed by atoms with Gasteiger partial charge in [0.25, 0.3) is 5.56 Å². The molecule has 0 saturated heterocycles. The zero-order valence-corrected chi connectivity index (χ0v) is 9.85. The molecule has 1 aromatic heterocycles. The van der Waals surface area contributed by atoms with Gasteiger partial charge in [-0.3, -0.25) is 13.9 Å². The third-order valence-corrected chi connectivity index (χ3v) is 2.82. The minimum Gasteiger partial charge on any atom is -0.495 e. The minimum absolute atomic E-state index is 0.363. The minimum atomic E-state index is -0.380. The van der Waals surface area contributed by atoms with Crippen LogP contribution in [-0.4, -0.2) is 16.2 Å². The zero-order chi connectivity index (χ0) is 12.7. The number of rotatable bonds is 1. The molecule has 6 heteroatoms. The molecule has 2 N–H and O–H groups in total. The van der Waals surface area contributed by atoms with Crippen LogP contribution in [0.5, 0.6) is 5.75 Å². The first-order valence-electron chi connectivity index (χ1n) is 5.00. The first-order chi connectivity index (χ1) is 7.97. The van der Waals surface area contributed by atoms with E-state index < -0.39 is 0 Å². The number of aromatic nitrogens is 2. The van der Waals surface area contributed by atoms with Crippen LogP contribution in [0.15, 0.2) is 21.7 Å². The summed E-state index contributed by atoms with van der Waals surface area (Å²) < 4.78 is 7.51. The molecule has 0 aliphatic carbocycles. The predicted octanol–water partition coefficient (Wildman–Crippen LogP) is -0.172. The van der Waals surface area contributed by atoms with Gasteiger partial charge in [-0.2, -0.15) is 0 Å². The molecule has 0 aliphatic heterocycles. The number of hydrogen-bond acceptors (Lipinski definition) is 4. The number of fused-ring (bicyclic) bond motifs is 1. The molecular formula is C11H13N3O3. The average Bonchev–Trinajstić information content (AvgIpc) is 2.33. The normalized spacial score (nSPS) is 10.8. The van der Waals surface area contributed by atoms with Crippen LogP contribution < -0.4 is 21.7 Å². The van der Waals surface area contributed by atoms with Gasteiger partial charge in [-0.25, -0.2) is 4.79 Å². The van der Waals surface area contributed by atoms with E-state index in [1.807, 2.05) is 0 Å². The van der Waals surface area contributed by atoms with Gasteiger partial charge in [0, 0.05) is 20.2 Å². The molecule has 17 heavy (non-hydrogen) atoms. The number of hydrogen-bond donors (Lipinski definition) is 1. The van der Waals surface area contributed by atoms with Gasteiger partial charge in [-0.1, -0.05) is 0 Å². The maximum Gasteiger partial charge on any atom is 0.330 e. The second-order valence-electron chi connectivity index (χ2n) is 3.82. The summed E-state index contributed by atoms with van der Waals surface area (Å²) in [6, 6.07) is 3.11. The Kier molecular flexibility index (Phi) is 2.42. The van der Waals surface area contributed by atoms with Crippen molar-refractivity contribution in [3.63, 3.8) is 0 Å². The van der Waals surface area contributed by atoms with Gasteiger partial charge < -0.3 is 10.5 Å². The van der Waals surface area contributed by atoms with Crippen molar-refractivity contribution in [2.75, 3.05) is 12.8 Å². The fraction of sp³-hybridized carbons (Fsp3) is 0.273. The molecule has 0 bridgehead atoms. The Hall–Kier alpha value is -2.24. The SMILES string of the molecule is COc1cc2c(cc1N)c(=O)n(C)c(=O)n2C. The number of benzene rings is 1. The van der Waals surface area contributed by atoms with Gasteiger partial charge in [0.2, 0.25) is 0 Å². The second-order valence-corrected chi connectivity index (χ2v) is 3.82. The molecule has 0 amide bonds. The average molecular weight is 235 g/mol. The second kappa shape index (κ2) is 3.65. The van der Waals surface area contributed by atoms with E-state index in [-0.39, 0.29) is 11.2 Å². The maximum absolute atomic E-state index is 11.9. The number of ether oxygens (including phenoxy) is 1. The van der Waals surface area contributed by atoms with Crippen molar-refractivity contribution in [2.45, 2.75) is 0 Å². The van der Waals surface area contributed by atoms with Crippen molar-refractivity contribution in [2.24, 2.45) is 14.1 Å². The van der Waals surface area contributed by atoms with Crippen molar-refractivity contribution in [1.29, 1.82) is 0 Å². The van der Waals surface area contributed by atoms with Crippen molar-refractivity contribution in [3.05, 3.63) is 33.0 Å². The van der Waals surface area contributed by atoms with Gasteiger partial charge in [-0.15, -0.1) is 0 Å². The first kappa shape index (κ1) is 11.3. The number of nitrogens with two attached hydrogens (primary N) is 1. The molecule has 2 rings (SSSR count). The molecular weight excluding hydrogens is 222 g/mol.